The molecule has 0 aromatic carbocycles. The standard InChI is InChI=1S/C14H15N3O2S/c1-19-14(18)11-4-5-13(16-15-11)17-7-2-3-12(17)10-6-8-20-9-10/h4-6,8-9,12H,2-3,7H2,1H3/t12-/m1/s1. The first-order valence-corrected chi connectivity index (χ1v) is 7.44. The Morgan fingerprint density at radius 1 is 1.40 bits per heavy atom. The van der Waals surface area contributed by atoms with Crippen LogP contribution in [0.4, 0.5) is 5.82 Å². The van der Waals surface area contributed by atoms with E-state index in [1.165, 1.54) is 12.7 Å². The highest BCUT2D eigenvalue weighted by Gasteiger charge is 2.27. The number of esters is 1. The number of anilines is 1. The molecule has 0 N–H and O–H groups in total. The fourth-order valence-corrected chi connectivity index (χ4v) is 3.25. The number of aromatic nitrogens is 2. The Bertz CT molecular complexity index is 583. The molecule has 0 amide bonds. The van der Waals surface area contributed by atoms with Gasteiger partial charge in [0.1, 0.15) is 0 Å². The summed E-state index contributed by atoms with van der Waals surface area (Å²) in [4.78, 5) is 13.6. The number of rotatable bonds is 3. The van der Waals surface area contributed by atoms with Crippen molar-refractivity contribution in [1.82, 2.24) is 10.2 Å². The fourth-order valence-electron chi connectivity index (χ4n) is 2.54. The molecule has 2 aromatic heterocycles. The lowest BCUT2D eigenvalue weighted by Crippen LogP contribution is -2.23. The third-order valence-electron chi connectivity index (χ3n) is 3.52. The first-order valence-electron chi connectivity index (χ1n) is 6.50. The highest BCUT2D eigenvalue weighted by atomic mass is 32.1. The van der Waals surface area contributed by atoms with Crippen LogP contribution in [-0.4, -0.2) is 29.8 Å². The quantitative estimate of drug-likeness (QED) is 0.813. The van der Waals surface area contributed by atoms with Gasteiger partial charge in [-0.2, -0.15) is 11.3 Å². The Labute approximate surface area is 121 Å². The molecule has 1 aliphatic heterocycles. The Balaban J connectivity index is 1.83. The van der Waals surface area contributed by atoms with Gasteiger partial charge in [0.15, 0.2) is 11.5 Å². The van der Waals surface area contributed by atoms with Gasteiger partial charge in [0.2, 0.25) is 0 Å². The topological polar surface area (TPSA) is 55.3 Å². The van der Waals surface area contributed by atoms with E-state index < -0.39 is 5.97 Å². The van der Waals surface area contributed by atoms with Gasteiger partial charge in [-0.1, -0.05) is 0 Å². The molecule has 104 valence electrons. The average Bonchev–Trinajstić information content (AvgIpc) is 3.16. The van der Waals surface area contributed by atoms with Crippen LogP contribution in [0.1, 0.15) is 34.9 Å². The van der Waals surface area contributed by atoms with Crippen molar-refractivity contribution >= 4 is 23.1 Å². The number of carbonyl (C=O) groups excluding carboxylic acids is 1. The molecule has 0 bridgehead atoms. The van der Waals surface area contributed by atoms with Gasteiger partial charge in [-0.3, -0.25) is 0 Å². The predicted molar refractivity (Wildman–Crippen MR) is 77.0 cm³/mol. The summed E-state index contributed by atoms with van der Waals surface area (Å²) in [6.07, 6.45) is 2.26. The molecule has 0 spiro atoms. The van der Waals surface area contributed by atoms with E-state index in [1.54, 1.807) is 17.4 Å². The molecular formula is C14H15N3O2S. The number of hydrogen-bond acceptors (Lipinski definition) is 6. The molecule has 6 heteroatoms. The van der Waals surface area contributed by atoms with Crippen molar-refractivity contribution in [3.63, 3.8) is 0 Å². The van der Waals surface area contributed by atoms with Crippen molar-refractivity contribution < 1.29 is 9.53 Å². The molecule has 1 atom stereocenters. The zero-order valence-electron chi connectivity index (χ0n) is 11.2. The van der Waals surface area contributed by atoms with Gasteiger partial charge >= 0.3 is 5.97 Å². The van der Waals surface area contributed by atoms with Crippen molar-refractivity contribution in [2.45, 2.75) is 18.9 Å². The van der Waals surface area contributed by atoms with Crippen molar-refractivity contribution in [2.24, 2.45) is 0 Å². The number of thiophene rings is 1. The molecular weight excluding hydrogens is 274 g/mol. The SMILES string of the molecule is COC(=O)c1ccc(N2CCC[C@@H]2c2ccsc2)nn1. The van der Waals surface area contributed by atoms with E-state index in [0.29, 0.717) is 6.04 Å². The van der Waals surface area contributed by atoms with Crippen molar-refractivity contribution in [1.29, 1.82) is 0 Å². The van der Waals surface area contributed by atoms with Gasteiger partial charge in [-0.05, 0) is 47.4 Å². The number of hydrogen-bond donors (Lipinski definition) is 0. The number of carbonyl (C=O) groups is 1. The minimum atomic E-state index is -0.458. The van der Waals surface area contributed by atoms with Gasteiger partial charge in [0.05, 0.1) is 13.2 Å². The largest absolute Gasteiger partial charge is 0.464 e. The van der Waals surface area contributed by atoms with Crippen LogP contribution in [0, 0.1) is 0 Å². The Morgan fingerprint density at radius 2 is 2.30 bits per heavy atom. The second-order valence-electron chi connectivity index (χ2n) is 4.68. The summed E-state index contributed by atoms with van der Waals surface area (Å²) in [5.74, 6) is 0.353. The molecule has 3 rings (SSSR count). The zero-order chi connectivity index (χ0) is 13.9. The molecule has 3 heterocycles. The molecule has 1 fully saturated rings. The minimum absolute atomic E-state index is 0.238. The number of ether oxygens (including phenoxy) is 1. The van der Waals surface area contributed by atoms with E-state index in [2.05, 4.69) is 36.7 Å². The molecule has 2 aromatic rings. The van der Waals surface area contributed by atoms with Gasteiger partial charge in [0.25, 0.3) is 0 Å². The van der Waals surface area contributed by atoms with Crippen molar-refractivity contribution in [3.8, 4) is 0 Å². The van der Waals surface area contributed by atoms with Crippen LogP contribution < -0.4 is 4.90 Å². The summed E-state index contributed by atoms with van der Waals surface area (Å²) in [5.41, 5.74) is 1.56. The van der Waals surface area contributed by atoms with Gasteiger partial charge in [-0.25, -0.2) is 4.79 Å². The van der Waals surface area contributed by atoms with E-state index in [4.69, 9.17) is 0 Å². The summed E-state index contributed by atoms with van der Waals surface area (Å²) in [5, 5.41) is 12.4. The first-order chi connectivity index (χ1) is 9.79. The molecule has 1 aliphatic rings. The summed E-state index contributed by atoms with van der Waals surface area (Å²) in [6, 6.07) is 6.02. The number of methoxy groups -OCH3 is 1. The van der Waals surface area contributed by atoms with Crippen LogP contribution in [0.5, 0.6) is 0 Å². The zero-order valence-corrected chi connectivity index (χ0v) is 12.0. The maximum Gasteiger partial charge on any atom is 0.358 e. The first kappa shape index (κ1) is 13.1. The van der Waals surface area contributed by atoms with Gasteiger partial charge in [0, 0.05) is 6.54 Å². The second-order valence-corrected chi connectivity index (χ2v) is 5.46. The van der Waals surface area contributed by atoms with Gasteiger partial charge < -0.3 is 9.64 Å². The third-order valence-corrected chi connectivity index (χ3v) is 4.22. The maximum absolute atomic E-state index is 11.4. The summed E-state index contributed by atoms with van der Waals surface area (Å²) >= 11 is 1.71. The number of nitrogens with zero attached hydrogens (tertiary/aromatic N) is 3. The molecule has 0 saturated carbocycles. The average molecular weight is 289 g/mol. The van der Waals surface area contributed by atoms with Crippen molar-refractivity contribution in [3.05, 3.63) is 40.2 Å². The van der Waals surface area contributed by atoms with Crippen molar-refractivity contribution in [2.75, 3.05) is 18.6 Å². The molecule has 0 radical (unpaired) electrons. The smallest absolute Gasteiger partial charge is 0.358 e. The molecule has 0 aliphatic carbocycles. The van der Waals surface area contributed by atoms with Crippen LogP contribution in [0.15, 0.2) is 29.0 Å². The Hall–Kier alpha value is -1.95. The lowest BCUT2D eigenvalue weighted by atomic mass is 10.1. The normalized spacial score (nSPS) is 18.2. The monoisotopic (exact) mass is 289 g/mol. The third kappa shape index (κ3) is 2.38. The van der Waals surface area contributed by atoms with E-state index in [9.17, 15) is 4.79 Å². The van der Waals surface area contributed by atoms with E-state index in [0.717, 1.165) is 25.2 Å². The second kappa shape index (κ2) is 5.58. The highest BCUT2D eigenvalue weighted by molar-refractivity contribution is 7.08. The summed E-state index contributed by atoms with van der Waals surface area (Å²) in [7, 11) is 1.34. The Morgan fingerprint density at radius 3 is 2.95 bits per heavy atom. The molecule has 20 heavy (non-hydrogen) atoms. The van der Waals surface area contributed by atoms with Crippen LogP contribution in [-0.2, 0) is 4.74 Å². The summed E-state index contributed by atoms with van der Waals surface area (Å²) < 4.78 is 4.63. The highest BCUT2D eigenvalue weighted by Crippen LogP contribution is 2.35. The van der Waals surface area contributed by atoms with Crippen LogP contribution in [0.2, 0.25) is 0 Å². The summed E-state index contributed by atoms with van der Waals surface area (Å²) in [6.45, 7) is 0.965. The molecule has 5 nitrogen and oxygen atoms in total. The van der Waals surface area contributed by atoms with E-state index in [1.807, 2.05) is 6.07 Å². The predicted octanol–water partition coefficient (Wildman–Crippen LogP) is 2.67. The van der Waals surface area contributed by atoms with E-state index >= 15 is 0 Å². The minimum Gasteiger partial charge on any atom is -0.464 e. The molecule has 1 saturated heterocycles. The van der Waals surface area contributed by atoms with Crippen LogP contribution >= 0.6 is 11.3 Å². The fraction of sp³-hybridized carbons (Fsp3) is 0.357. The Kier molecular flexibility index (Phi) is 3.64. The van der Waals surface area contributed by atoms with Crippen LogP contribution in [0.3, 0.4) is 0 Å². The van der Waals surface area contributed by atoms with E-state index in [-0.39, 0.29) is 5.69 Å². The lowest BCUT2D eigenvalue weighted by molar-refractivity contribution is 0.0592. The lowest BCUT2D eigenvalue weighted by Gasteiger charge is -2.24. The van der Waals surface area contributed by atoms with Gasteiger partial charge in [-0.15, -0.1) is 10.2 Å². The van der Waals surface area contributed by atoms with Crippen LogP contribution in [0.25, 0.3) is 0 Å². The maximum atomic E-state index is 11.4. The molecule has 0 unspecified atom stereocenters.